The molecule has 4 N–H and O–H groups in total. The van der Waals surface area contributed by atoms with Crippen LogP contribution in [0.3, 0.4) is 0 Å². The van der Waals surface area contributed by atoms with Crippen molar-refractivity contribution in [1.29, 1.82) is 0 Å². The second-order valence-electron chi connectivity index (χ2n) is 5.17. The van der Waals surface area contributed by atoms with E-state index in [0.717, 1.165) is 24.3 Å². The molecule has 0 atom stereocenters. The van der Waals surface area contributed by atoms with E-state index in [9.17, 15) is 31.2 Å². The summed E-state index contributed by atoms with van der Waals surface area (Å²) >= 11 is 5.47. The van der Waals surface area contributed by atoms with E-state index in [-0.39, 0.29) is 16.3 Å². The number of sulfonamides is 1. The number of amides is 2. The van der Waals surface area contributed by atoms with Crippen molar-refractivity contribution in [1.82, 2.24) is 0 Å². The number of carbonyl (C=O) groups is 2. The first-order valence-corrected chi connectivity index (χ1v) is 8.92. The normalized spacial score (nSPS) is 11.7. The molecule has 0 aliphatic rings. The predicted molar refractivity (Wildman–Crippen MR) is 91.5 cm³/mol. The molecule has 144 valence electrons. The van der Waals surface area contributed by atoms with E-state index in [2.05, 4.69) is 5.32 Å². The number of rotatable bonds is 3. The Morgan fingerprint density at radius 3 is 1.89 bits per heavy atom. The van der Waals surface area contributed by atoms with Gasteiger partial charge in [-0.3, -0.25) is 9.59 Å². The zero-order valence-electron chi connectivity index (χ0n) is 13.2. The van der Waals surface area contributed by atoms with Crippen LogP contribution >= 0.6 is 11.6 Å². The topological polar surface area (TPSA) is 118 Å². The van der Waals surface area contributed by atoms with Gasteiger partial charge in [-0.1, -0.05) is 11.6 Å². The van der Waals surface area contributed by atoms with E-state index in [1.54, 1.807) is 0 Å². The third-order valence-electron chi connectivity index (χ3n) is 3.18. The molecule has 0 heterocycles. The molecule has 2 aromatic carbocycles. The van der Waals surface area contributed by atoms with Crippen LogP contribution in [0.5, 0.6) is 0 Å². The van der Waals surface area contributed by atoms with Crippen LogP contribution in [-0.2, 0) is 25.8 Å². The molecule has 2 aromatic rings. The summed E-state index contributed by atoms with van der Waals surface area (Å²) in [4.78, 5) is 23.5. The highest BCUT2D eigenvalue weighted by Gasteiger charge is 2.33. The molecule has 0 aromatic heterocycles. The van der Waals surface area contributed by atoms with Crippen LogP contribution in [0.15, 0.2) is 47.4 Å². The number of hydrogen-bond acceptors (Lipinski definition) is 4. The highest BCUT2D eigenvalue weighted by Crippen LogP contribution is 2.36. The summed E-state index contributed by atoms with van der Waals surface area (Å²) in [5.41, 5.74) is -1.37. The Labute approximate surface area is 156 Å². The maximum absolute atomic E-state index is 12.8. The number of halogens is 4. The number of nitrogens with one attached hydrogen (secondary N) is 2. The molecule has 12 heteroatoms. The Balaban J connectivity index is 2.09. The minimum Gasteiger partial charge on any atom is -0.318 e. The summed E-state index contributed by atoms with van der Waals surface area (Å²) in [6.45, 7) is 0. The Hall–Kier alpha value is -2.63. The third-order valence-corrected chi connectivity index (χ3v) is 4.44. The molecule has 2 rings (SSSR count). The van der Waals surface area contributed by atoms with Gasteiger partial charge in [-0.2, -0.15) is 13.2 Å². The molecule has 0 saturated carbocycles. The van der Waals surface area contributed by atoms with Gasteiger partial charge in [0.2, 0.25) is 10.0 Å². The fraction of sp³-hybridized carbons (Fsp3) is 0.0667. The van der Waals surface area contributed by atoms with E-state index in [1.165, 1.54) is 12.1 Å². The lowest BCUT2D eigenvalue weighted by Gasteiger charge is -2.12. The summed E-state index contributed by atoms with van der Waals surface area (Å²) in [6.07, 6.45) is -4.73. The van der Waals surface area contributed by atoms with Crippen LogP contribution in [0.4, 0.5) is 24.5 Å². The van der Waals surface area contributed by atoms with Gasteiger partial charge < -0.3 is 10.6 Å². The van der Waals surface area contributed by atoms with Crippen molar-refractivity contribution in [3.05, 3.63) is 53.1 Å². The van der Waals surface area contributed by atoms with Crippen LogP contribution in [0.25, 0.3) is 0 Å². The number of alkyl halides is 3. The van der Waals surface area contributed by atoms with Gasteiger partial charge in [0.15, 0.2) is 0 Å². The van der Waals surface area contributed by atoms with E-state index in [4.69, 9.17) is 16.7 Å². The van der Waals surface area contributed by atoms with Crippen LogP contribution in [-0.4, -0.2) is 20.2 Å². The summed E-state index contributed by atoms with van der Waals surface area (Å²) < 4.78 is 60.7. The lowest BCUT2D eigenvalue weighted by molar-refractivity contribution is -0.137. The summed E-state index contributed by atoms with van der Waals surface area (Å²) in [5, 5.41) is 8.54. The minimum atomic E-state index is -4.73. The largest absolute Gasteiger partial charge is 0.417 e. The lowest BCUT2D eigenvalue weighted by atomic mass is 10.2. The van der Waals surface area contributed by atoms with Crippen molar-refractivity contribution in [2.75, 3.05) is 10.6 Å². The second kappa shape index (κ2) is 7.55. The standard InChI is InChI=1S/C15H11ClF3N3O4S/c16-12-6-3-9(7-11(12)15(17,18)19)22-14(24)13(23)21-8-1-4-10(5-2-8)27(20,25)26/h1-7H,(H,21,23)(H,22,24)(H2,20,25,26). The molecular weight excluding hydrogens is 411 g/mol. The van der Waals surface area contributed by atoms with E-state index in [1.807, 2.05) is 5.32 Å². The fourth-order valence-corrected chi connectivity index (χ4v) is 2.66. The van der Waals surface area contributed by atoms with E-state index in [0.29, 0.717) is 6.07 Å². The molecule has 0 aliphatic carbocycles. The van der Waals surface area contributed by atoms with Crippen LogP contribution in [0, 0.1) is 0 Å². The molecule has 0 aliphatic heterocycles. The number of benzene rings is 2. The second-order valence-corrected chi connectivity index (χ2v) is 7.14. The van der Waals surface area contributed by atoms with Crippen LogP contribution in [0.1, 0.15) is 5.56 Å². The molecule has 0 fully saturated rings. The van der Waals surface area contributed by atoms with Gasteiger partial charge in [-0.05, 0) is 42.5 Å². The molecule has 7 nitrogen and oxygen atoms in total. The fourth-order valence-electron chi connectivity index (χ4n) is 1.92. The van der Waals surface area contributed by atoms with Gasteiger partial charge in [0.1, 0.15) is 0 Å². The van der Waals surface area contributed by atoms with Crippen molar-refractivity contribution >= 4 is 44.8 Å². The monoisotopic (exact) mass is 421 g/mol. The number of nitrogens with two attached hydrogens (primary N) is 1. The SMILES string of the molecule is NS(=O)(=O)c1ccc(NC(=O)C(=O)Nc2ccc(Cl)c(C(F)(F)F)c2)cc1. The highest BCUT2D eigenvalue weighted by molar-refractivity contribution is 7.89. The van der Waals surface area contributed by atoms with Crippen molar-refractivity contribution in [2.24, 2.45) is 5.14 Å². The van der Waals surface area contributed by atoms with Gasteiger partial charge in [-0.15, -0.1) is 0 Å². The average molecular weight is 422 g/mol. The Kier molecular flexibility index (Phi) is 5.78. The van der Waals surface area contributed by atoms with Crippen molar-refractivity contribution in [3.63, 3.8) is 0 Å². The maximum atomic E-state index is 12.8. The third kappa shape index (κ3) is 5.42. The molecule has 0 unspecified atom stereocenters. The zero-order chi connectivity index (χ0) is 20.4. The van der Waals surface area contributed by atoms with E-state index >= 15 is 0 Å². The highest BCUT2D eigenvalue weighted by atomic mass is 35.5. The predicted octanol–water partition coefficient (Wildman–Crippen LogP) is 2.58. The quantitative estimate of drug-likeness (QED) is 0.660. The minimum absolute atomic E-state index is 0.0784. The van der Waals surface area contributed by atoms with Gasteiger partial charge in [0.25, 0.3) is 0 Å². The molecule has 0 spiro atoms. The lowest BCUT2D eigenvalue weighted by Crippen LogP contribution is -2.29. The Bertz CT molecular complexity index is 992. The van der Waals surface area contributed by atoms with Gasteiger partial charge in [-0.25, -0.2) is 13.6 Å². The smallest absolute Gasteiger partial charge is 0.318 e. The van der Waals surface area contributed by atoms with Crippen molar-refractivity contribution < 1.29 is 31.2 Å². The zero-order valence-corrected chi connectivity index (χ0v) is 14.7. The molecule has 27 heavy (non-hydrogen) atoms. The van der Waals surface area contributed by atoms with Gasteiger partial charge in [0, 0.05) is 11.4 Å². The van der Waals surface area contributed by atoms with E-state index < -0.39 is 38.6 Å². The first-order valence-electron chi connectivity index (χ1n) is 7.00. The van der Waals surface area contributed by atoms with Gasteiger partial charge >= 0.3 is 18.0 Å². The Morgan fingerprint density at radius 1 is 0.926 bits per heavy atom. The first-order chi connectivity index (χ1) is 12.4. The molecular formula is C15H11ClF3N3O4S. The number of carbonyl (C=O) groups excluding carboxylic acids is 2. The van der Waals surface area contributed by atoms with Gasteiger partial charge in [0.05, 0.1) is 15.5 Å². The van der Waals surface area contributed by atoms with Crippen LogP contribution in [0.2, 0.25) is 5.02 Å². The summed E-state index contributed by atoms with van der Waals surface area (Å²) in [6, 6.07) is 7.22. The molecule has 0 bridgehead atoms. The number of anilines is 2. The number of hydrogen-bond donors (Lipinski definition) is 3. The first kappa shape index (κ1) is 20.7. The van der Waals surface area contributed by atoms with Crippen molar-refractivity contribution in [2.45, 2.75) is 11.1 Å². The number of primary sulfonamides is 1. The average Bonchev–Trinajstić information content (AvgIpc) is 2.55. The van der Waals surface area contributed by atoms with Crippen molar-refractivity contribution in [3.8, 4) is 0 Å². The summed E-state index contributed by atoms with van der Waals surface area (Å²) in [5.74, 6) is -2.41. The molecule has 2 amide bonds. The Morgan fingerprint density at radius 2 is 1.41 bits per heavy atom. The summed E-state index contributed by atoms with van der Waals surface area (Å²) in [7, 11) is -3.92. The maximum Gasteiger partial charge on any atom is 0.417 e. The van der Waals surface area contributed by atoms with Crippen LogP contribution < -0.4 is 15.8 Å². The molecule has 0 saturated heterocycles. The molecule has 0 radical (unpaired) electrons.